The number of carboxylic acids is 2. The molecular formula is C23H34N4O8. The number of nitrogens with one attached hydrogen (secondary N) is 3. The van der Waals surface area contributed by atoms with Gasteiger partial charge in [0.1, 0.15) is 23.9 Å². The summed E-state index contributed by atoms with van der Waals surface area (Å²) >= 11 is 0. The van der Waals surface area contributed by atoms with Crippen molar-refractivity contribution < 1.29 is 39.3 Å². The molecule has 0 aliphatic rings. The van der Waals surface area contributed by atoms with Crippen molar-refractivity contribution in [3.8, 4) is 5.75 Å². The second kappa shape index (κ2) is 13.9. The van der Waals surface area contributed by atoms with Crippen LogP contribution in [-0.2, 0) is 30.4 Å². The Morgan fingerprint density at radius 2 is 1.43 bits per heavy atom. The number of phenols is 1. The Morgan fingerprint density at radius 1 is 0.857 bits per heavy atom. The van der Waals surface area contributed by atoms with Crippen LogP contribution in [0.15, 0.2) is 24.3 Å². The molecule has 0 saturated heterocycles. The van der Waals surface area contributed by atoms with Crippen LogP contribution in [0.1, 0.15) is 45.6 Å². The van der Waals surface area contributed by atoms with Crippen LogP contribution < -0.4 is 21.7 Å². The fraction of sp³-hybridized carbons (Fsp3) is 0.522. The number of carboxylic acid groups (broad SMARTS) is 2. The number of amides is 3. The third kappa shape index (κ3) is 10.9. The van der Waals surface area contributed by atoms with Crippen molar-refractivity contribution in [3.63, 3.8) is 0 Å². The summed E-state index contributed by atoms with van der Waals surface area (Å²) in [7, 11) is 0. The van der Waals surface area contributed by atoms with Crippen LogP contribution in [0, 0.1) is 5.92 Å². The lowest BCUT2D eigenvalue weighted by molar-refractivity contribution is -0.143. The lowest BCUT2D eigenvalue weighted by Crippen LogP contribution is -2.57. The first-order chi connectivity index (χ1) is 16.3. The van der Waals surface area contributed by atoms with Crippen molar-refractivity contribution >= 4 is 29.7 Å². The van der Waals surface area contributed by atoms with Gasteiger partial charge in [0, 0.05) is 12.8 Å². The molecular weight excluding hydrogens is 460 g/mol. The maximum Gasteiger partial charge on any atom is 0.326 e. The molecule has 4 unspecified atom stereocenters. The molecule has 1 rings (SSSR count). The van der Waals surface area contributed by atoms with Gasteiger partial charge in [0.2, 0.25) is 17.7 Å². The molecule has 8 N–H and O–H groups in total. The molecule has 12 nitrogen and oxygen atoms in total. The van der Waals surface area contributed by atoms with E-state index in [4.69, 9.17) is 10.8 Å². The van der Waals surface area contributed by atoms with Crippen LogP contribution in [0.4, 0.5) is 0 Å². The van der Waals surface area contributed by atoms with E-state index in [2.05, 4.69) is 16.0 Å². The zero-order valence-corrected chi connectivity index (χ0v) is 20.0. The van der Waals surface area contributed by atoms with Gasteiger partial charge in [-0.1, -0.05) is 26.0 Å². The molecule has 0 spiro atoms. The Labute approximate surface area is 203 Å². The number of hydrogen-bond donors (Lipinski definition) is 7. The van der Waals surface area contributed by atoms with E-state index in [1.165, 1.54) is 19.1 Å². The Hall–Kier alpha value is -3.67. The molecule has 194 valence electrons. The van der Waals surface area contributed by atoms with Crippen LogP contribution in [0.2, 0.25) is 0 Å². The fourth-order valence-corrected chi connectivity index (χ4v) is 3.13. The second-order valence-electron chi connectivity index (χ2n) is 8.73. The lowest BCUT2D eigenvalue weighted by atomic mass is 10.0. The van der Waals surface area contributed by atoms with E-state index in [0.717, 1.165) is 0 Å². The molecule has 1 aromatic rings. The average molecular weight is 495 g/mol. The highest BCUT2D eigenvalue weighted by Gasteiger charge is 2.29. The number of aliphatic carboxylic acids is 2. The van der Waals surface area contributed by atoms with Crippen molar-refractivity contribution in [2.24, 2.45) is 11.7 Å². The smallest absolute Gasteiger partial charge is 0.326 e. The van der Waals surface area contributed by atoms with Crippen molar-refractivity contribution in [3.05, 3.63) is 29.8 Å². The minimum Gasteiger partial charge on any atom is -0.508 e. The second-order valence-corrected chi connectivity index (χ2v) is 8.73. The van der Waals surface area contributed by atoms with E-state index in [0.29, 0.717) is 5.56 Å². The van der Waals surface area contributed by atoms with Gasteiger partial charge < -0.3 is 37.0 Å². The van der Waals surface area contributed by atoms with Gasteiger partial charge in [-0.15, -0.1) is 0 Å². The summed E-state index contributed by atoms with van der Waals surface area (Å²) in [6.07, 6.45) is -0.259. The van der Waals surface area contributed by atoms with E-state index < -0.39 is 53.8 Å². The molecule has 3 amide bonds. The summed E-state index contributed by atoms with van der Waals surface area (Å²) in [5.41, 5.74) is 6.24. The lowest BCUT2D eigenvalue weighted by Gasteiger charge is -2.24. The minimum absolute atomic E-state index is 0.00926. The Kier molecular flexibility index (Phi) is 11.7. The van der Waals surface area contributed by atoms with Gasteiger partial charge in [-0.25, -0.2) is 4.79 Å². The largest absolute Gasteiger partial charge is 0.508 e. The highest BCUT2D eigenvalue weighted by atomic mass is 16.4. The molecule has 0 saturated carbocycles. The van der Waals surface area contributed by atoms with Crippen molar-refractivity contribution in [1.82, 2.24) is 16.0 Å². The molecule has 0 radical (unpaired) electrons. The van der Waals surface area contributed by atoms with Gasteiger partial charge in [-0.3, -0.25) is 19.2 Å². The first kappa shape index (κ1) is 29.4. The van der Waals surface area contributed by atoms with Gasteiger partial charge >= 0.3 is 11.9 Å². The molecule has 0 bridgehead atoms. The number of hydrogen-bond acceptors (Lipinski definition) is 7. The van der Waals surface area contributed by atoms with E-state index in [9.17, 15) is 34.2 Å². The van der Waals surface area contributed by atoms with Crippen LogP contribution in [0.25, 0.3) is 0 Å². The summed E-state index contributed by atoms with van der Waals surface area (Å²) < 4.78 is 0. The maximum absolute atomic E-state index is 12.9. The topological polar surface area (TPSA) is 208 Å². The van der Waals surface area contributed by atoms with Gasteiger partial charge in [0.05, 0.1) is 6.04 Å². The first-order valence-electron chi connectivity index (χ1n) is 11.2. The van der Waals surface area contributed by atoms with Gasteiger partial charge in [0.25, 0.3) is 0 Å². The van der Waals surface area contributed by atoms with E-state index in [-0.39, 0.29) is 37.4 Å². The minimum atomic E-state index is -1.21. The Morgan fingerprint density at radius 3 is 1.94 bits per heavy atom. The average Bonchev–Trinajstić information content (AvgIpc) is 2.77. The van der Waals surface area contributed by atoms with Crippen molar-refractivity contribution in [2.75, 3.05) is 0 Å². The van der Waals surface area contributed by atoms with Crippen molar-refractivity contribution in [2.45, 2.75) is 70.6 Å². The number of aromatic hydroxyl groups is 1. The molecule has 0 heterocycles. The van der Waals surface area contributed by atoms with Gasteiger partial charge in [-0.2, -0.15) is 0 Å². The molecule has 12 heteroatoms. The number of carbonyl (C=O) groups is 5. The standard InChI is InChI=1S/C23H34N4O8/c1-12(2)10-18(23(34)35)27-22(33)17(11-14-4-6-15(28)7-5-14)26-20(31)13(3)25-21(32)16(24)8-9-19(29)30/h4-7,12-13,16-18,28H,8-11,24H2,1-3H3,(H,25,32)(H,26,31)(H,27,33)(H,29,30)(H,34,35). The van der Waals surface area contributed by atoms with Crippen LogP contribution in [0.5, 0.6) is 5.75 Å². The number of phenolic OH excluding ortho intramolecular Hbond substituents is 1. The molecule has 4 atom stereocenters. The molecule has 0 aromatic heterocycles. The van der Waals surface area contributed by atoms with Crippen LogP contribution >= 0.6 is 0 Å². The first-order valence-corrected chi connectivity index (χ1v) is 11.2. The molecule has 0 aliphatic carbocycles. The van der Waals surface area contributed by atoms with Gasteiger partial charge in [-0.05, 0) is 43.4 Å². The van der Waals surface area contributed by atoms with Crippen LogP contribution in [0.3, 0.4) is 0 Å². The Balaban J connectivity index is 2.95. The molecule has 0 fully saturated rings. The zero-order chi connectivity index (χ0) is 26.7. The van der Waals surface area contributed by atoms with E-state index in [1.807, 2.05) is 13.8 Å². The highest BCUT2D eigenvalue weighted by Crippen LogP contribution is 2.12. The molecule has 0 aliphatic heterocycles. The summed E-state index contributed by atoms with van der Waals surface area (Å²) in [6.45, 7) is 4.98. The third-order valence-electron chi connectivity index (χ3n) is 5.09. The molecule has 35 heavy (non-hydrogen) atoms. The van der Waals surface area contributed by atoms with Crippen molar-refractivity contribution in [1.29, 1.82) is 0 Å². The van der Waals surface area contributed by atoms with Gasteiger partial charge in [0.15, 0.2) is 0 Å². The number of rotatable bonds is 14. The highest BCUT2D eigenvalue weighted by molar-refractivity contribution is 5.94. The van der Waals surface area contributed by atoms with E-state index in [1.54, 1.807) is 12.1 Å². The summed E-state index contributed by atoms with van der Waals surface area (Å²) in [5, 5.41) is 35.0. The normalized spacial score (nSPS) is 14.3. The Bertz CT molecular complexity index is 903. The SMILES string of the molecule is CC(C)CC(NC(=O)C(Cc1ccc(O)cc1)NC(=O)C(C)NC(=O)C(N)CCC(=O)O)C(=O)O. The van der Waals surface area contributed by atoms with E-state index >= 15 is 0 Å². The number of nitrogens with two attached hydrogens (primary N) is 1. The quantitative estimate of drug-likeness (QED) is 0.181. The maximum atomic E-state index is 12.9. The molecule has 1 aromatic carbocycles. The summed E-state index contributed by atoms with van der Waals surface area (Å²) in [5.74, 6) is -4.50. The predicted octanol–water partition coefficient (Wildman–Crippen LogP) is -0.268. The number of benzene rings is 1. The van der Waals surface area contributed by atoms with Crippen LogP contribution in [-0.4, -0.2) is 69.1 Å². The summed E-state index contributed by atoms with van der Waals surface area (Å²) in [6, 6.07) is 1.34. The predicted molar refractivity (Wildman–Crippen MR) is 125 cm³/mol. The zero-order valence-electron chi connectivity index (χ0n) is 20.0. The summed E-state index contributed by atoms with van der Waals surface area (Å²) in [4.78, 5) is 60.1. The fourth-order valence-electron chi connectivity index (χ4n) is 3.13. The third-order valence-corrected chi connectivity index (χ3v) is 5.09. The number of carbonyl (C=O) groups excluding carboxylic acids is 3. The monoisotopic (exact) mass is 494 g/mol.